The van der Waals surface area contributed by atoms with Gasteiger partial charge in [-0.15, -0.1) is 0 Å². The van der Waals surface area contributed by atoms with E-state index in [1.54, 1.807) is 0 Å². The maximum Gasteiger partial charge on any atom is 0.0818 e. The Hall–Kier alpha value is -0.860. The smallest absolute Gasteiger partial charge is 0.0818 e. The summed E-state index contributed by atoms with van der Waals surface area (Å²) in [7, 11) is 0. The Morgan fingerprint density at radius 3 is 2.18 bits per heavy atom. The second-order valence-electron chi connectivity index (χ2n) is 5.28. The average Bonchev–Trinajstić information content (AvgIpc) is 2.81. The van der Waals surface area contributed by atoms with Gasteiger partial charge >= 0.3 is 0 Å². The van der Waals surface area contributed by atoms with E-state index in [1.807, 2.05) is 26.0 Å². The molecule has 0 amide bonds. The van der Waals surface area contributed by atoms with Crippen LogP contribution in [-0.2, 0) is 6.61 Å². The molecule has 1 fully saturated rings. The van der Waals surface area contributed by atoms with Gasteiger partial charge in [0.2, 0.25) is 0 Å². The summed E-state index contributed by atoms with van der Waals surface area (Å²) in [6.45, 7) is 4.09. The highest BCUT2D eigenvalue weighted by molar-refractivity contribution is 5.38. The number of aryl methyl sites for hydroxylation is 2. The molecule has 0 spiro atoms. The van der Waals surface area contributed by atoms with Gasteiger partial charge in [0.15, 0.2) is 0 Å². The molecule has 0 aliphatic heterocycles. The van der Waals surface area contributed by atoms with Crippen LogP contribution >= 0.6 is 0 Å². The van der Waals surface area contributed by atoms with E-state index in [4.69, 9.17) is 0 Å². The lowest BCUT2D eigenvalue weighted by molar-refractivity contribution is 0.111. The van der Waals surface area contributed by atoms with Gasteiger partial charge in [-0.2, -0.15) is 0 Å². The predicted octanol–water partition coefficient (Wildman–Crippen LogP) is 3.02. The Labute approximate surface area is 103 Å². The fourth-order valence-corrected chi connectivity index (χ4v) is 2.99. The van der Waals surface area contributed by atoms with Crippen molar-refractivity contribution >= 4 is 0 Å². The Morgan fingerprint density at radius 1 is 1.18 bits per heavy atom. The zero-order chi connectivity index (χ0) is 12.4. The van der Waals surface area contributed by atoms with Crippen molar-refractivity contribution in [3.8, 4) is 0 Å². The van der Waals surface area contributed by atoms with Crippen LogP contribution in [0.4, 0.5) is 0 Å². The molecule has 0 saturated heterocycles. The standard InChI is InChI=1S/C15H22O2/c1-10-7-13(8-11(2)14(10)9-16)15(17)12-5-3-4-6-12/h7-8,12,15-17H,3-6,9H2,1-2H3/t15-/m0/s1. The maximum absolute atomic E-state index is 10.4. The van der Waals surface area contributed by atoms with Crippen molar-refractivity contribution in [2.24, 2.45) is 5.92 Å². The van der Waals surface area contributed by atoms with E-state index in [2.05, 4.69) is 0 Å². The van der Waals surface area contributed by atoms with Crippen molar-refractivity contribution in [3.05, 3.63) is 34.4 Å². The molecule has 0 heterocycles. The molecule has 1 atom stereocenters. The molecule has 2 nitrogen and oxygen atoms in total. The highest BCUT2D eigenvalue weighted by Crippen LogP contribution is 2.36. The van der Waals surface area contributed by atoms with Crippen LogP contribution in [0.1, 0.15) is 54.0 Å². The van der Waals surface area contributed by atoms with Crippen molar-refractivity contribution in [3.63, 3.8) is 0 Å². The van der Waals surface area contributed by atoms with Crippen LogP contribution in [0.25, 0.3) is 0 Å². The summed E-state index contributed by atoms with van der Waals surface area (Å²) < 4.78 is 0. The molecule has 2 rings (SSSR count). The van der Waals surface area contributed by atoms with Gasteiger partial charge in [0.1, 0.15) is 0 Å². The third-order valence-corrected chi connectivity index (χ3v) is 4.06. The lowest BCUT2D eigenvalue weighted by atomic mass is 9.90. The molecule has 0 aromatic heterocycles. The highest BCUT2D eigenvalue weighted by Gasteiger charge is 2.25. The van der Waals surface area contributed by atoms with Crippen LogP contribution in [0, 0.1) is 19.8 Å². The number of hydrogen-bond donors (Lipinski definition) is 2. The number of benzene rings is 1. The summed E-state index contributed by atoms with van der Waals surface area (Å²) in [5.74, 6) is 0.425. The van der Waals surface area contributed by atoms with Gasteiger partial charge in [-0.1, -0.05) is 25.0 Å². The lowest BCUT2D eigenvalue weighted by Crippen LogP contribution is -2.10. The average molecular weight is 234 g/mol. The molecular formula is C15H22O2. The largest absolute Gasteiger partial charge is 0.392 e. The molecule has 1 saturated carbocycles. The number of hydrogen-bond acceptors (Lipinski definition) is 2. The van der Waals surface area contributed by atoms with Gasteiger partial charge in [-0.3, -0.25) is 0 Å². The van der Waals surface area contributed by atoms with E-state index in [-0.39, 0.29) is 12.7 Å². The van der Waals surface area contributed by atoms with Gasteiger partial charge in [0, 0.05) is 0 Å². The topological polar surface area (TPSA) is 40.5 Å². The maximum atomic E-state index is 10.4. The quantitative estimate of drug-likeness (QED) is 0.844. The molecule has 2 heteroatoms. The van der Waals surface area contributed by atoms with Crippen LogP contribution in [-0.4, -0.2) is 10.2 Å². The van der Waals surface area contributed by atoms with Crippen molar-refractivity contribution in [1.29, 1.82) is 0 Å². The second kappa shape index (κ2) is 5.19. The van der Waals surface area contributed by atoms with E-state index >= 15 is 0 Å². The molecule has 94 valence electrons. The first-order chi connectivity index (χ1) is 8.13. The van der Waals surface area contributed by atoms with Crippen LogP contribution in [0.5, 0.6) is 0 Å². The monoisotopic (exact) mass is 234 g/mol. The summed E-state index contributed by atoms with van der Waals surface area (Å²) in [5, 5.41) is 19.6. The van der Waals surface area contributed by atoms with E-state index < -0.39 is 0 Å². The Morgan fingerprint density at radius 2 is 1.71 bits per heavy atom. The summed E-state index contributed by atoms with van der Waals surface area (Å²) in [4.78, 5) is 0. The van der Waals surface area contributed by atoms with Crippen molar-refractivity contribution in [2.75, 3.05) is 0 Å². The Bertz CT molecular complexity index is 369. The SMILES string of the molecule is Cc1cc([C@@H](O)C2CCCC2)cc(C)c1CO. The minimum atomic E-state index is -0.331. The van der Waals surface area contributed by atoms with Gasteiger partial charge < -0.3 is 10.2 Å². The molecule has 1 aliphatic carbocycles. The molecule has 1 aromatic carbocycles. The molecule has 0 radical (unpaired) electrons. The van der Waals surface area contributed by atoms with Gasteiger partial charge in [0.25, 0.3) is 0 Å². The third-order valence-electron chi connectivity index (χ3n) is 4.06. The van der Waals surface area contributed by atoms with Crippen molar-refractivity contribution in [2.45, 2.75) is 52.2 Å². The van der Waals surface area contributed by atoms with Gasteiger partial charge in [-0.05, 0) is 54.9 Å². The third kappa shape index (κ3) is 2.53. The fraction of sp³-hybridized carbons (Fsp3) is 0.600. The zero-order valence-corrected chi connectivity index (χ0v) is 10.7. The number of rotatable bonds is 3. The highest BCUT2D eigenvalue weighted by atomic mass is 16.3. The minimum Gasteiger partial charge on any atom is -0.392 e. The second-order valence-corrected chi connectivity index (χ2v) is 5.28. The fourth-order valence-electron chi connectivity index (χ4n) is 2.99. The first-order valence-corrected chi connectivity index (χ1v) is 6.52. The van der Waals surface area contributed by atoms with Crippen molar-refractivity contribution in [1.82, 2.24) is 0 Å². The Balaban J connectivity index is 2.26. The zero-order valence-electron chi connectivity index (χ0n) is 10.7. The van der Waals surface area contributed by atoms with Crippen molar-refractivity contribution < 1.29 is 10.2 Å². The summed E-state index contributed by atoms with van der Waals surface area (Å²) in [5.41, 5.74) is 4.18. The molecule has 1 aromatic rings. The Kier molecular flexibility index (Phi) is 3.85. The predicted molar refractivity (Wildman–Crippen MR) is 68.8 cm³/mol. The lowest BCUT2D eigenvalue weighted by Gasteiger charge is -2.20. The summed E-state index contributed by atoms with van der Waals surface area (Å²) >= 11 is 0. The molecule has 1 aliphatic rings. The van der Waals surface area contributed by atoms with Crippen LogP contribution in [0.15, 0.2) is 12.1 Å². The number of aliphatic hydroxyl groups excluding tert-OH is 2. The minimum absolute atomic E-state index is 0.0808. The first-order valence-electron chi connectivity index (χ1n) is 6.52. The molecule has 17 heavy (non-hydrogen) atoms. The van der Waals surface area contributed by atoms with E-state index in [9.17, 15) is 10.2 Å². The van der Waals surface area contributed by atoms with E-state index in [0.29, 0.717) is 5.92 Å². The molecule has 0 unspecified atom stereocenters. The molecule has 2 N–H and O–H groups in total. The van der Waals surface area contributed by atoms with Crippen LogP contribution in [0.3, 0.4) is 0 Å². The van der Waals surface area contributed by atoms with E-state index in [1.165, 1.54) is 12.8 Å². The van der Waals surface area contributed by atoms with E-state index in [0.717, 1.165) is 35.1 Å². The molecule has 0 bridgehead atoms. The summed E-state index contributed by atoms with van der Waals surface area (Å²) in [6.07, 6.45) is 4.44. The van der Waals surface area contributed by atoms with Crippen LogP contribution in [0.2, 0.25) is 0 Å². The van der Waals surface area contributed by atoms with Crippen LogP contribution < -0.4 is 0 Å². The van der Waals surface area contributed by atoms with Gasteiger partial charge in [0.05, 0.1) is 12.7 Å². The first kappa shape index (κ1) is 12.6. The number of aliphatic hydroxyl groups is 2. The molecular weight excluding hydrogens is 212 g/mol. The summed E-state index contributed by atoms with van der Waals surface area (Å²) in [6, 6.07) is 4.06. The van der Waals surface area contributed by atoms with Gasteiger partial charge in [-0.25, -0.2) is 0 Å². The normalized spacial score (nSPS) is 18.6.